The molecule has 3 rings (SSSR count). The molecule has 0 saturated heterocycles. The van der Waals surface area contributed by atoms with Crippen molar-refractivity contribution in [1.29, 1.82) is 0 Å². The predicted molar refractivity (Wildman–Crippen MR) is 90.5 cm³/mol. The molecule has 0 bridgehead atoms. The summed E-state index contributed by atoms with van der Waals surface area (Å²) >= 11 is 0. The molecule has 130 valence electrons. The lowest BCUT2D eigenvalue weighted by molar-refractivity contribution is -0.147. The summed E-state index contributed by atoms with van der Waals surface area (Å²) in [5, 5.41) is 2.55. The van der Waals surface area contributed by atoms with Crippen LogP contribution >= 0.6 is 0 Å². The van der Waals surface area contributed by atoms with E-state index in [1.54, 1.807) is 6.07 Å². The van der Waals surface area contributed by atoms with Crippen molar-refractivity contribution >= 4 is 11.9 Å². The number of carbonyl (C=O) groups excluding carboxylic acids is 2. The first kappa shape index (κ1) is 16.8. The summed E-state index contributed by atoms with van der Waals surface area (Å²) in [6.45, 7) is 0.211. The SMILES string of the molecule is O=C(Cc1ccccc1)NCC(=O)OCC1COc2ccccc2O1. The van der Waals surface area contributed by atoms with Crippen molar-refractivity contribution in [1.82, 2.24) is 5.32 Å². The van der Waals surface area contributed by atoms with Crippen molar-refractivity contribution in [3.05, 3.63) is 60.2 Å². The first-order chi connectivity index (χ1) is 12.2. The van der Waals surface area contributed by atoms with E-state index < -0.39 is 5.97 Å². The van der Waals surface area contributed by atoms with Crippen LogP contribution in [0.1, 0.15) is 5.56 Å². The van der Waals surface area contributed by atoms with Crippen LogP contribution in [-0.4, -0.2) is 37.7 Å². The minimum Gasteiger partial charge on any atom is -0.486 e. The maximum Gasteiger partial charge on any atom is 0.325 e. The lowest BCUT2D eigenvalue weighted by Crippen LogP contribution is -2.37. The van der Waals surface area contributed by atoms with Crippen molar-refractivity contribution in [2.75, 3.05) is 19.8 Å². The number of rotatable bonds is 6. The lowest BCUT2D eigenvalue weighted by atomic mass is 10.1. The first-order valence-corrected chi connectivity index (χ1v) is 8.05. The van der Waals surface area contributed by atoms with Gasteiger partial charge >= 0.3 is 5.97 Å². The van der Waals surface area contributed by atoms with Gasteiger partial charge in [0.15, 0.2) is 17.6 Å². The molecule has 1 aliphatic rings. The summed E-state index contributed by atoms with van der Waals surface area (Å²) in [4.78, 5) is 23.6. The van der Waals surface area contributed by atoms with Crippen LogP contribution in [0, 0.1) is 0 Å². The third-order valence-electron chi connectivity index (χ3n) is 3.64. The molecule has 1 amide bonds. The van der Waals surface area contributed by atoms with Gasteiger partial charge in [0.2, 0.25) is 5.91 Å². The topological polar surface area (TPSA) is 73.9 Å². The molecule has 6 heteroatoms. The molecule has 0 radical (unpaired) electrons. The molecule has 25 heavy (non-hydrogen) atoms. The number of amides is 1. The molecule has 0 spiro atoms. The summed E-state index contributed by atoms with van der Waals surface area (Å²) in [5.41, 5.74) is 0.889. The molecule has 0 aliphatic carbocycles. The van der Waals surface area contributed by atoms with Gasteiger partial charge in [-0.2, -0.15) is 0 Å². The van der Waals surface area contributed by atoms with Crippen LogP contribution in [0.4, 0.5) is 0 Å². The molecule has 2 aromatic carbocycles. The first-order valence-electron chi connectivity index (χ1n) is 8.05. The Morgan fingerprint density at radius 3 is 2.56 bits per heavy atom. The van der Waals surface area contributed by atoms with Crippen LogP contribution in [-0.2, 0) is 20.7 Å². The Morgan fingerprint density at radius 2 is 1.76 bits per heavy atom. The van der Waals surface area contributed by atoms with Crippen molar-refractivity contribution in [2.45, 2.75) is 12.5 Å². The normalized spacial score (nSPS) is 15.3. The van der Waals surface area contributed by atoms with Gasteiger partial charge in [-0.3, -0.25) is 9.59 Å². The number of hydrogen-bond acceptors (Lipinski definition) is 5. The predicted octanol–water partition coefficient (Wildman–Crippen LogP) is 1.73. The highest BCUT2D eigenvalue weighted by molar-refractivity contribution is 5.83. The Bertz CT molecular complexity index is 732. The largest absolute Gasteiger partial charge is 0.486 e. The molecule has 1 aliphatic heterocycles. The van der Waals surface area contributed by atoms with Crippen LogP contribution in [0.15, 0.2) is 54.6 Å². The van der Waals surface area contributed by atoms with E-state index in [0.29, 0.717) is 18.1 Å². The zero-order valence-corrected chi connectivity index (χ0v) is 13.6. The molecule has 0 saturated carbocycles. The van der Waals surface area contributed by atoms with Crippen LogP contribution in [0.5, 0.6) is 11.5 Å². The van der Waals surface area contributed by atoms with E-state index in [1.807, 2.05) is 48.5 Å². The van der Waals surface area contributed by atoms with Gasteiger partial charge in [0.05, 0.1) is 6.42 Å². The van der Waals surface area contributed by atoms with Crippen molar-refractivity contribution in [3.63, 3.8) is 0 Å². The highest BCUT2D eigenvalue weighted by Crippen LogP contribution is 2.30. The fourth-order valence-corrected chi connectivity index (χ4v) is 2.40. The molecule has 6 nitrogen and oxygen atoms in total. The van der Waals surface area contributed by atoms with E-state index in [4.69, 9.17) is 14.2 Å². The van der Waals surface area contributed by atoms with E-state index in [-0.39, 0.29) is 31.6 Å². The van der Waals surface area contributed by atoms with Gasteiger partial charge in [-0.05, 0) is 17.7 Å². The minimum atomic E-state index is -0.510. The second kappa shape index (κ2) is 8.19. The van der Waals surface area contributed by atoms with Crippen molar-refractivity contribution in [2.24, 2.45) is 0 Å². The lowest BCUT2D eigenvalue weighted by Gasteiger charge is -2.26. The number of esters is 1. The van der Waals surface area contributed by atoms with E-state index in [9.17, 15) is 9.59 Å². The third-order valence-corrected chi connectivity index (χ3v) is 3.64. The molecule has 1 heterocycles. The zero-order valence-electron chi connectivity index (χ0n) is 13.6. The Balaban J connectivity index is 1.37. The highest BCUT2D eigenvalue weighted by Gasteiger charge is 2.22. The van der Waals surface area contributed by atoms with Crippen molar-refractivity contribution < 1.29 is 23.8 Å². The maximum absolute atomic E-state index is 11.8. The summed E-state index contributed by atoms with van der Waals surface area (Å²) in [6.07, 6.45) is -0.135. The Morgan fingerprint density at radius 1 is 1.04 bits per heavy atom. The number of para-hydroxylation sites is 2. The van der Waals surface area contributed by atoms with E-state index in [0.717, 1.165) is 5.56 Å². The molecule has 0 fully saturated rings. The van der Waals surface area contributed by atoms with Gasteiger partial charge in [-0.1, -0.05) is 42.5 Å². The number of carbonyl (C=O) groups is 2. The number of ether oxygens (including phenoxy) is 3. The van der Waals surface area contributed by atoms with E-state index in [1.165, 1.54) is 0 Å². The minimum absolute atomic E-state index is 0.0712. The van der Waals surface area contributed by atoms with E-state index in [2.05, 4.69) is 5.32 Å². The zero-order chi connectivity index (χ0) is 17.5. The Labute approximate surface area is 145 Å². The molecule has 1 unspecified atom stereocenters. The average Bonchev–Trinajstić information content (AvgIpc) is 2.65. The summed E-state index contributed by atoms with van der Waals surface area (Å²) in [6, 6.07) is 16.6. The van der Waals surface area contributed by atoms with Gasteiger partial charge in [-0.25, -0.2) is 0 Å². The number of benzene rings is 2. The number of nitrogens with one attached hydrogen (secondary N) is 1. The van der Waals surface area contributed by atoms with Gasteiger partial charge < -0.3 is 19.5 Å². The third kappa shape index (κ3) is 4.97. The maximum atomic E-state index is 11.8. The number of hydrogen-bond donors (Lipinski definition) is 1. The number of fused-ring (bicyclic) bond motifs is 1. The van der Waals surface area contributed by atoms with Gasteiger partial charge in [0.1, 0.15) is 19.8 Å². The van der Waals surface area contributed by atoms with Crippen LogP contribution in [0.3, 0.4) is 0 Å². The molecular weight excluding hydrogens is 322 g/mol. The van der Waals surface area contributed by atoms with Gasteiger partial charge in [0, 0.05) is 0 Å². The van der Waals surface area contributed by atoms with Crippen LogP contribution < -0.4 is 14.8 Å². The van der Waals surface area contributed by atoms with E-state index >= 15 is 0 Å². The molecule has 2 aromatic rings. The molecule has 0 aromatic heterocycles. The smallest absolute Gasteiger partial charge is 0.325 e. The van der Waals surface area contributed by atoms with Crippen LogP contribution in [0.25, 0.3) is 0 Å². The monoisotopic (exact) mass is 341 g/mol. The Hall–Kier alpha value is -3.02. The molecule has 1 N–H and O–H groups in total. The highest BCUT2D eigenvalue weighted by atomic mass is 16.6. The second-order valence-electron chi connectivity index (χ2n) is 5.62. The second-order valence-corrected chi connectivity index (χ2v) is 5.62. The summed E-state index contributed by atoms with van der Waals surface area (Å²) < 4.78 is 16.4. The van der Waals surface area contributed by atoms with Crippen molar-refractivity contribution in [3.8, 4) is 11.5 Å². The summed E-state index contributed by atoms with van der Waals surface area (Å²) in [7, 11) is 0. The summed E-state index contributed by atoms with van der Waals surface area (Å²) in [5.74, 6) is 0.572. The average molecular weight is 341 g/mol. The fraction of sp³-hybridized carbons (Fsp3) is 0.263. The fourth-order valence-electron chi connectivity index (χ4n) is 2.40. The van der Waals surface area contributed by atoms with Gasteiger partial charge in [-0.15, -0.1) is 0 Å². The quantitative estimate of drug-likeness (QED) is 0.810. The Kier molecular flexibility index (Phi) is 5.51. The van der Waals surface area contributed by atoms with Gasteiger partial charge in [0.25, 0.3) is 0 Å². The molecular formula is C19H19NO5. The standard InChI is InChI=1S/C19H19NO5/c21-18(10-14-6-2-1-3-7-14)20-11-19(22)24-13-15-12-23-16-8-4-5-9-17(16)25-15/h1-9,15H,10-13H2,(H,20,21). The van der Waals surface area contributed by atoms with Crippen LogP contribution in [0.2, 0.25) is 0 Å². The molecule has 1 atom stereocenters.